The van der Waals surface area contributed by atoms with Crippen LogP contribution in [0.5, 0.6) is 0 Å². The number of fused-ring (bicyclic) bond motifs is 4. The number of methoxy groups -OCH3 is 1. The Bertz CT molecular complexity index is 1710. The van der Waals surface area contributed by atoms with Crippen LogP contribution in [0.4, 0.5) is 0 Å². The number of rotatable bonds is 22. The Morgan fingerprint density at radius 1 is 0.889 bits per heavy atom. The van der Waals surface area contributed by atoms with Crippen LogP contribution >= 0.6 is 0 Å². The minimum absolute atomic E-state index is 0.0748. The number of esters is 3. The number of ether oxygens (including phenoxy) is 6. The van der Waals surface area contributed by atoms with Gasteiger partial charge < -0.3 is 32.8 Å². The van der Waals surface area contributed by atoms with Gasteiger partial charge in [0.05, 0.1) is 18.3 Å². The first-order valence-electron chi connectivity index (χ1n) is 24.6. The van der Waals surface area contributed by atoms with Gasteiger partial charge in [-0.25, -0.2) is 9.78 Å². The number of oxazole rings is 1. The fourth-order valence-corrected chi connectivity index (χ4v) is 10.1. The zero-order chi connectivity index (χ0) is 45.5. The van der Waals surface area contributed by atoms with E-state index in [0.29, 0.717) is 25.2 Å². The fraction of sp³-hybridized carbons (Fsp3) is 0.769. The highest BCUT2D eigenvalue weighted by Gasteiger charge is 2.60. The lowest BCUT2D eigenvalue weighted by Crippen LogP contribution is -2.43. The summed E-state index contributed by atoms with van der Waals surface area (Å²) >= 11 is 0. The van der Waals surface area contributed by atoms with Crippen molar-refractivity contribution < 1.29 is 47.2 Å². The van der Waals surface area contributed by atoms with Gasteiger partial charge in [-0.1, -0.05) is 116 Å². The number of allylic oxidation sites excluding steroid dienone is 4. The summed E-state index contributed by atoms with van der Waals surface area (Å²) in [5.74, 6) is -0.409. The van der Waals surface area contributed by atoms with Crippen molar-refractivity contribution in [1.82, 2.24) is 4.98 Å². The Morgan fingerprint density at radius 3 is 2.17 bits per heavy atom. The first kappa shape index (κ1) is 50.7. The maximum atomic E-state index is 14.0. The number of carbonyl (C=O) groups excluding carboxylic acids is 3. The maximum Gasteiger partial charge on any atom is 0.338 e. The lowest BCUT2D eigenvalue weighted by Gasteiger charge is -2.34. The molecule has 0 radical (unpaired) electrons. The molecule has 0 aromatic carbocycles. The quantitative estimate of drug-likeness (QED) is 0.0361. The van der Waals surface area contributed by atoms with E-state index in [4.69, 9.17) is 32.8 Å². The third kappa shape index (κ3) is 16.0. The van der Waals surface area contributed by atoms with Gasteiger partial charge in [-0.15, -0.1) is 0 Å². The number of nitrogens with zero attached hydrogens (tertiary/aromatic N) is 1. The van der Waals surface area contributed by atoms with Crippen LogP contribution in [0.1, 0.15) is 188 Å². The molecule has 63 heavy (non-hydrogen) atoms. The second-order valence-corrected chi connectivity index (χ2v) is 19.7. The normalized spacial score (nSPS) is 30.4. The van der Waals surface area contributed by atoms with Gasteiger partial charge in [0.25, 0.3) is 0 Å². The smallest absolute Gasteiger partial charge is 0.338 e. The van der Waals surface area contributed by atoms with E-state index >= 15 is 0 Å². The van der Waals surface area contributed by atoms with Crippen LogP contribution in [0, 0.1) is 24.7 Å². The summed E-state index contributed by atoms with van der Waals surface area (Å²) in [6, 6.07) is 0. The van der Waals surface area contributed by atoms with Gasteiger partial charge in [0.15, 0.2) is 12.0 Å². The van der Waals surface area contributed by atoms with Gasteiger partial charge in [-0.3, -0.25) is 9.59 Å². The zero-order valence-corrected chi connectivity index (χ0v) is 40.3. The molecule has 11 nitrogen and oxygen atoms in total. The average molecular weight is 880 g/mol. The number of hydrogen-bond donors (Lipinski definition) is 0. The number of hydrogen-bond acceptors (Lipinski definition) is 11. The molecule has 0 aliphatic carbocycles. The topological polar surface area (TPSA) is 139 Å². The molecule has 11 unspecified atom stereocenters. The van der Waals surface area contributed by atoms with Gasteiger partial charge in [-0.2, -0.15) is 0 Å². The SMILES string of the molecule is CCCCCCCCCCCCCCCC(=O)OC1CC(C(C)C(OC)C(C)=CC(C)=CC(C)=Cc2coc(C)n2)OC(=O)C2OC2CC2CC(=O)OC(C2)C(C)CCC2OC12C. The summed E-state index contributed by atoms with van der Waals surface area (Å²) in [7, 11) is 1.67. The second-order valence-electron chi connectivity index (χ2n) is 19.7. The van der Waals surface area contributed by atoms with Crippen molar-refractivity contribution in [2.75, 3.05) is 7.11 Å². The van der Waals surface area contributed by atoms with Crippen LogP contribution in [0.2, 0.25) is 0 Å². The number of carbonyl (C=O) groups is 3. The molecule has 4 saturated heterocycles. The molecule has 11 heteroatoms. The largest absolute Gasteiger partial charge is 0.462 e. The van der Waals surface area contributed by atoms with E-state index in [-0.39, 0.29) is 54.4 Å². The minimum atomic E-state index is -0.768. The van der Waals surface area contributed by atoms with E-state index in [0.717, 1.165) is 60.9 Å². The molecular weight excluding hydrogens is 799 g/mol. The van der Waals surface area contributed by atoms with Crippen molar-refractivity contribution in [3.8, 4) is 0 Å². The standard InChI is InChI=1S/C52H81NO10/c1-10-11-12-13-14-15-16-17-18-19-20-21-22-23-47(54)62-46-32-43(38(6)49(57-9)37(5)27-34(2)26-35(3)28-41-33-58-39(7)53-41)61-51(56)50-44(60-50)30-40-29-42(59-48(55)31-40)36(4)24-25-45-52(46,8)63-45/h26-28,33,36,38,40,42-46,49-50H,10-25,29-32H2,1-9H3. The second kappa shape index (κ2) is 24.9. The molecule has 0 spiro atoms. The van der Waals surface area contributed by atoms with Crippen molar-refractivity contribution in [3.63, 3.8) is 0 Å². The molecule has 2 bridgehead atoms. The summed E-state index contributed by atoms with van der Waals surface area (Å²) in [6.07, 6.45) is 24.4. The summed E-state index contributed by atoms with van der Waals surface area (Å²) in [4.78, 5) is 44.8. The van der Waals surface area contributed by atoms with Gasteiger partial charge in [-0.05, 0) is 88.9 Å². The summed E-state index contributed by atoms with van der Waals surface area (Å²) in [5.41, 5.74) is 2.99. The molecule has 5 heterocycles. The molecule has 0 saturated carbocycles. The lowest BCUT2D eigenvalue weighted by molar-refractivity contribution is -0.164. The first-order chi connectivity index (χ1) is 30.2. The number of aryl methyl sites for hydroxylation is 1. The van der Waals surface area contributed by atoms with Gasteiger partial charge in [0.1, 0.15) is 35.9 Å². The van der Waals surface area contributed by atoms with E-state index in [2.05, 4.69) is 31.0 Å². The lowest BCUT2D eigenvalue weighted by atomic mass is 9.82. The zero-order valence-electron chi connectivity index (χ0n) is 40.3. The Labute approximate surface area is 378 Å². The van der Waals surface area contributed by atoms with Crippen molar-refractivity contribution >= 4 is 24.0 Å². The van der Waals surface area contributed by atoms with Crippen molar-refractivity contribution in [3.05, 3.63) is 46.7 Å². The van der Waals surface area contributed by atoms with Crippen LogP contribution in [0.15, 0.2) is 39.6 Å². The maximum absolute atomic E-state index is 14.0. The van der Waals surface area contributed by atoms with E-state index in [1.54, 1.807) is 13.4 Å². The summed E-state index contributed by atoms with van der Waals surface area (Å²) in [5, 5.41) is 0. The van der Waals surface area contributed by atoms with Crippen LogP contribution in [0.3, 0.4) is 0 Å². The van der Waals surface area contributed by atoms with E-state index < -0.39 is 36.0 Å². The van der Waals surface area contributed by atoms with Crippen molar-refractivity contribution in [2.24, 2.45) is 17.8 Å². The van der Waals surface area contributed by atoms with Crippen molar-refractivity contribution in [1.29, 1.82) is 0 Å². The molecule has 0 amide bonds. The Kier molecular flexibility index (Phi) is 20.0. The first-order valence-corrected chi connectivity index (χ1v) is 24.6. The fourth-order valence-electron chi connectivity index (χ4n) is 10.1. The van der Waals surface area contributed by atoms with Crippen LogP contribution in [-0.4, -0.2) is 78.3 Å². The molecule has 1 aromatic heterocycles. The predicted octanol–water partition coefficient (Wildman–Crippen LogP) is 11.7. The summed E-state index contributed by atoms with van der Waals surface area (Å²) < 4.78 is 42.7. The Hall–Kier alpha value is -3.28. The van der Waals surface area contributed by atoms with Crippen LogP contribution in [-0.2, 0) is 42.8 Å². The highest BCUT2D eigenvalue weighted by molar-refractivity contribution is 5.78. The molecule has 0 N–H and O–H groups in total. The molecule has 354 valence electrons. The molecule has 4 aliphatic rings. The molecular formula is C52H81NO10. The predicted molar refractivity (Wildman–Crippen MR) is 245 cm³/mol. The summed E-state index contributed by atoms with van der Waals surface area (Å²) in [6.45, 7) is 16.3. The van der Waals surface area contributed by atoms with Gasteiger partial charge in [0.2, 0.25) is 0 Å². The van der Waals surface area contributed by atoms with Crippen molar-refractivity contribution in [2.45, 2.75) is 232 Å². The highest BCUT2D eigenvalue weighted by Crippen LogP contribution is 2.47. The van der Waals surface area contributed by atoms with Crippen LogP contribution < -0.4 is 0 Å². The van der Waals surface area contributed by atoms with E-state index in [1.165, 1.54) is 64.2 Å². The van der Waals surface area contributed by atoms with Gasteiger partial charge >= 0.3 is 17.9 Å². The molecule has 11 atom stereocenters. The van der Waals surface area contributed by atoms with E-state index in [9.17, 15) is 14.4 Å². The molecule has 4 aliphatic heterocycles. The highest BCUT2D eigenvalue weighted by atomic mass is 16.7. The number of cyclic esters (lactones) is 1. The number of unbranched alkanes of at least 4 members (excludes halogenated alkanes) is 12. The average Bonchev–Trinajstić information content (AvgIpc) is 4.11. The number of aromatic nitrogens is 1. The van der Waals surface area contributed by atoms with Crippen LogP contribution in [0.25, 0.3) is 6.08 Å². The molecule has 4 fully saturated rings. The Morgan fingerprint density at radius 2 is 1.54 bits per heavy atom. The molecule has 5 rings (SSSR count). The number of epoxide rings is 2. The monoisotopic (exact) mass is 880 g/mol. The minimum Gasteiger partial charge on any atom is -0.462 e. The third-order valence-corrected chi connectivity index (χ3v) is 14.0. The van der Waals surface area contributed by atoms with Gasteiger partial charge in [0, 0.05) is 39.2 Å². The Balaban J connectivity index is 1.28. The third-order valence-electron chi connectivity index (χ3n) is 14.0. The molecule has 1 aromatic rings. The van der Waals surface area contributed by atoms with E-state index in [1.807, 2.05) is 47.6 Å².